The molecule has 0 radical (unpaired) electrons. The zero-order chi connectivity index (χ0) is 34.1. The van der Waals surface area contributed by atoms with Crippen molar-refractivity contribution in [3.05, 3.63) is 191 Å². The summed E-state index contributed by atoms with van der Waals surface area (Å²) in [6.45, 7) is 4.31. The number of rotatable bonds is 5. The van der Waals surface area contributed by atoms with Crippen LogP contribution in [0.3, 0.4) is 0 Å². The van der Waals surface area contributed by atoms with E-state index in [2.05, 4.69) is 170 Å². The van der Waals surface area contributed by atoms with E-state index >= 15 is 0 Å². The minimum Gasteiger partial charge on any atom is -0.449 e. The first-order valence-corrected chi connectivity index (χ1v) is 18.0. The molecule has 0 N–H and O–H groups in total. The van der Waals surface area contributed by atoms with Crippen molar-refractivity contribution in [2.24, 2.45) is 0 Å². The number of fused-ring (bicyclic) bond motifs is 12. The van der Waals surface area contributed by atoms with Crippen molar-refractivity contribution >= 4 is 11.4 Å². The normalized spacial score (nSPS) is 15.8. The summed E-state index contributed by atoms with van der Waals surface area (Å²) in [5.74, 6) is 3.23. The molecular formula is C48H37NO2. The second-order valence-electron chi connectivity index (χ2n) is 13.9. The maximum atomic E-state index is 7.07. The van der Waals surface area contributed by atoms with Gasteiger partial charge in [0, 0.05) is 11.4 Å². The summed E-state index contributed by atoms with van der Waals surface area (Å²) < 4.78 is 13.9. The Bertz CT molecular complexity index is 2420. The lowest BCUT2D eigenvalue weighted by Gasteiger charge is -2.33. The van der Waals surface area contributed by atoms with Crippen LogP contribution < -0.4 is 14.4 Å². The van der Waals surface area contributed by atoms with Gasteiger partial charge in [0.05, 0.1) is 11.1 Å². The van der Waals surface area contributed by atoms with E-state index in [4.69, 9.17) is 9.47 Å². The van der Waals surface area contributed by atoms with E-state index in [1.807, 2.05) is 6.07 Å². The molecule has 1 heterocycles. The Morgan fingerprint density at radius 1 is 0.627 bits per heavy atom. The summed E-state index contributed by atoms with van der Waals surface area (Å²) in [5, 5.41) is 0. The van der Waals surface area contributed by atoms with Crippen molar-refractivity contribution in [3.8, 4) is 45.3 Å². The zero-order valence-corrected chi connectivity index (χ0v) is 28.8. The minimum atomic E-state index is -0.452. The summed E-state index contributed by atoms with van der Waals surface area (Å²) >= 11 is 0. The van der Waals surface area contributed by atoms with Crippen LogP contribution >= 0.6 is 0 Å². The molecule has 3 nitrogen and oxygen atoms in total. The molecule has 0 bridgehead atoms. The minimum absolute atomic E-state index is 0.346. The van der Waals surface area contributed by atoms with Gasteiger partial charge in [0.2, 0.25) is 0 Å². The predicted molar refractivity (Wildman–Crippen MR) is 208 cm³/mol. The number of hydrogen-bond donors (Lipinski definition) is 0. The molecule has 0 aromatic heterocycles. The smallest absolute Gasteiger partial charge is 0.194 e. The average molecular weight is 660 g/mol. The number of hydrogen-bond acceptors (Lipinski definition) is 3. The maximum Gasteiger partial charge on any atom is 0.194 e. The Labute approximate surface area is 299 Å². The van der Waals surface area contributed by atoms with Crippen LogP contribution in [0, 0.1) is 0 Å². The molecular weight excluding hydrogens is 623 g/mol. The summed E-state index contributed by atoms with van der Waals surface area (Å²) in [6.07, 6.45) is 13.2. The molecule has 3 heteroatoms. The molecule has 0 saturated carbocycles. The van der Waals surface area contributed by atoms with Crippen LogP contribution in [0.1, 0.15) is 60.4 Å². The highest BCUT2D eigenvalue weighted by molar-refractivity contribution is 5.96. The molecule has 4 aliphatic rings. The standard InChI is InChI=1S/C48H37NO2/c1-3-14-31(2)32-25-27-34(28-26-32)49(33-15-5-4-6-16-33)43-23-13-24-44-47(43)51-46-30-42-38(29-45(46)50-44)37-19-9-12-22-41(37)48(42)39-20-10-7-17-35(39)36-18-8-11-21-40(36)48/h3,5,7-31H,4,6H2,1-2H3/b14-3-. The SMILES string of the molecule is C/C=C\C(C)c1ccc(N(C2=CCCC=C2)c2cccc3c2Oc2cc4c(cc2O3)-c2ccccc2C42c3ccccc3-c3ccccc32)cc1. The van der Waals surface area contributed by atoms with E-state index in [9.17, 15) is 0 Å². The Balaban J connectivity index is 1.14. The Kier molecular flexibility index (Phi) is 6.72. The number of nitrogens with zero attached hydrogens (tertiary/aromatic N) is 1. The van der Waals surface area contributed by atoms with E-state index in [1.165, 1.54) is 50.1 Å². The van der Waals surface area contributed by atoms with Crippen molar-refractivity contribution < 1.29 is 9.47 Å². The van der Waals surface area contributed by atoms with Gasteiger partial charge in [-0.25, -0.2) is 0 Å². The molecule has 3 aliphatic carbocycles. The van der Waals surface area contributed by atoms with E-state index in [1.54, 1.807) is 0 Å². The number of allylic oxidation sites excluding steroid dienone is 5. The summed E-state index contributed by atoms with van der Waals surface area (Å²) in [5.41, 5.74) is 14.1. The molecule has 0 amide bonds. The fourth-order valence-corrected chi connectivity index (χ4v) is 8.87. The number of benzene rings is 6. The Morgan fingerprint density at radius 2 is 1.27 bits per heavy atom. The fourth-order valence-electron chi connectivity index (χ4n) is 8.87. The van der Waals surface area contributed by atoms with Crippen LogP contribution in [0.4, 0.5) is 11.4 Å². The molecule has 246 valence electrons. The largest absolute Gasteiger partial charge is 0.449 e. The van der Waals surface area contributed by atoms with Crippen molar-refractivity contribution in [2.75, 3.05) is 4.90 Å². The van der Waals surface area contributed by atoms with E-state index in [0.29, 0.717) is 17.4 Å². The molecule has 6 aromatic carbocycles. The van der Waals surface area contributed by atoms with E-state index in [-0.39, 0.29) is 0 Å². The molecule has 10 rings (SSSR count). The third-order valence-corrected chi connectivity index (χ3v) is 11.1. The van der Waals surface area contributed by atoms with Gasteiger partial charge in [-0.05, 0) is 118 Å². The van der Waals surface area contributed by atoms with Crippen LogP contribution in [0.15, 0.2) is 163 Å². The molecule has 1 aliphatic heterocycles. The van der Waals surface area contributed by atoms with Gasteiger partial charge in [-0.3, -0.25) is 0 Å². The number of anilines is 2. The average Bonchev–Trinajstić information content (AvgIpc) is 3.64. The lowest BCUT2D eigenvalue weighted by molar-refractivity contribution is 0.360. The van der Waals surface area contributed by atoms with Gasteiger partial charge in [-0.2, -0.15) is 0 Å². The Hall–Kier alpha value is -6.06. The van der Waals surface area contributed by atoms with Crippen molar-refractivity contribution in [3.63, 3.8) is 0 Å². The molecule has 1 atom stereocenters. The number of ether oxygens (including phenoxy) is 2. The molecule has 1 unspecified atom stereocenters. The molecule has 1 spiro atoms. The molecule has 0 saturated heterocycles. The predicted octanol–water partition coefficient (Wildman–Crippen LogP) is 13.0. The topological polar surface area (TPSA) is 21.7 Å². The van der Waals surface area contributed by atoms with Crippen molar-refractivity contribution in [1.29, 1.82) is 0 Å². The van der Waals surface area contributed by atoms with Crippen molar-refractivity contribution in [1.82, 2.24) is 0 Å². The first-order chi connectivity index (χ1) is 25.2. The highest BCUT2D eigenvalue weighted by Gasteiger charge is 2.52. The highest BCUT2D eigenvalue weighted by atomic mass is 16.6. The molecule has 0 fully saturated rings. The first kappa shape index (κ1) is 29.8. The maximum absolute atomic E-state index is 7.07. The van der Waals surface area contributed by atoms with Gasteiger partial charge in [0.25, 0.3) is 0 Å². The lowest BCUT2D eigenvalue weighted by Crippen LogP contribution is -2.26. The fraction of sp³-hybridized carbons (Fsp3) is 0.125. The van der Waals surface area contributed by atoms with E-state index < -0.39 is 5.41 Å². The van der Waals surface area contributed by atoms with Gasteiger partial charge < -0.3 is 14.4 Å². The quantitative estimate of drug-likeness (QED) is 0.172. The summed E-state index contributed by atoms with van der Waals surface area (Å²) in [7, 11) is 0. The van der Waals surface area contributed by atoms with Crippen molar-refractivity contribution in [2.45, 2.75) is 38.0 Å². The zero-order valence-electron chi connectivity index (χ0n) is 28.8. The van der Waals surface area contributed by atoms with Gasteiger partial charge in [-0.15, -0.1) is 0 Å². The lowest BCUT2D eigenvalue weighted by atomic mass is 9.70. The second kappa shape index (κ2) is 11.5. The molecule has 6 aromatic rings. The Morgan fingerprint density at radius 3 is 1.92 bits per heavy atom. The first-order valence-electron chi connectivity index (χ1n) is 18.0. The van der Waals surface area contributed by atoms with Crippen LogP contribution in [-0.2, 0) is 5.41 Å². The monoisotopic (exact) mass is 659 g/mol. The summed E-state index contributed by atoms with van der Waals surface area (Å²) in [4.78, 5) is 2.31. The third-order valence-electron chi connectivity index (χ3n) is 11.1. The van der Waals surface area contributed by atoms with Crippen LogP contribution in [0.5, 0.6) is 23.0 Å². The van der Waals surface area contributed by atoms with Gasteiger partial charge in [0.1, 0.15) is 0 Å². The van der Waals surface area contributed by atoms with Gasteiger partial charge in [0.15, 0.2) is 23.0 Å². The molecule has 51 heavy (non-hydrogen) atoms. The van der Waals surface area contributed by atoms with Crippen LogP contribution in [0.2, 0.25) is 0 Å². The third kappa shape index (κ3) is 4.31. The van der Waals surface area contributed by atoms with Crippen LogP contribution in [0.25, 0.3) is 22.3 Å². The number of para-hydroxylation sites is 1. The van der Waals surface area contributed by atoms with Gasteiger partial charge in [-0.1, -0.05) is 122 Å². The highest BCUT2D eigenvalue weighted by Crippen LogP contribution is 2.65. The van der Waals surface area contributed by atoms with Gasteiger partial charge >= 0.3 is 0 Å². The van der Waals surface area contributed by atoms with E-state index in [0.717, 1.165) is 41.4 Å². The summed E-state index contributed by atoms with van der Waals surface area (Å²) in [6, 6.07) is 46.2. The van der Waals surface area contributed by atoms with Crippen LogP contribution in [-0.4, -0.2) is 0 Å². The second-order valence-corrected chi connectivity index (χ2v) is 13.9.